The molecular formula is C25H27F3N2O4. The fraction of sp³-hybridized carbons (Fsp3) is 0.360. The van der Waals surface area contributed by atoms with Crippen LogP contribution in [0.5, 0.6) is 5.88 Å². The number of hydrogen-bond acceptors (Lipinski definition) is 4. The summed E-state index contributed by atoms with van der Waals surface area (Å²) in [6, 6.07) is 11.8. The molecule has 1 amide bonds. The number of alkyl halides is 3. The third-order valence-corrected chi connectivity index (χ3v) is 4.94. The number of halogens is 3. The summed E-state index contributed by atoms with van der Waals surface area (Å²) in [6.07, 6.45) is -5.18. The summed E-state index contributed by atoms with van der Waals surface area (Å²) in [7, 11) is 0. The maximum atomic E-state index is 13.5. The van der Waals surface area contributed by atoms with Crippen molar-refractivity contribution < 1.29 is 32.2 Å². The zero-order chi connectivity index (χ0) is 25.1. The maximum absolute atomic E-state index is 13.5. The van der Waals surface area contributed by atoms with Crippen LogP contribution in [0, 0.1) is 5.41 Å². The van der Waals surface area contributed by atoms with Gasteiger partial charge in [0.25, 0.3) is 0 Å². The van der Waals surface area contributed by atoms with Gasteiger partial charge in [-0.3, -0.25) is 4.79 Å². The van der Waals surface area contributed by atoms with E-state index in [2.05, 4.69) is 5.32 Å². The topological polar surface area (TPSA) is 69.6 Å². The quantitative estimate of drug-likeness (QED) is 0.406. The Bertz CT molecular complexity index is 1190. The third kappa shape index (κ3) is 6.30. The van der Waals surface area contributed by atoms with Crippen molar-refractivity contribution in [2.45, 2.75) is 46.8 Å². The molecule has 0 atom stereocenters. The molecule has 0 aliphatic heterocycles. The number of aromatic nitrogens is 1. The van der Waals surface area contributed by atoms with Gasteiger partial charge in [0.1, 0.15) is 0 Å². The Morgan fingerprint density at radius 2 is 1.74 bits per heavy atom. The Balaban J connectivity index is 2.01. The van der Waals surface area contributed by atoms with Crippen LogP contribution >= 0.6 is 0 Å². The molecule has 1 heterocycles. The lowest BCUT2D eigenvalue weighted by Crippen LogP contribution is -2.19. The number of anilines is 1. The molecule has 0 bridgehead atoms. The van der Waals surface area contributed by atoms with Crippen molar-refractivity contribution in [2.75, 3.05) is 11.9 Å². The monoisotopic (exact) mass is 476 g/mol. The van der Waals surface area contributed by atoms with Gasteiger partial charge in [-0.1, -0.05) is 39.0 Å². The van der Waals surface area contributed by atoms with Crippen LogP contribution in [0.3, 0.4) is 0 Å². The van der Waals surface area contributed by atoms with Gasteiger partial charge in [0.2, 0.25) is 11.8 Å². The van der Waals surface area contributed by atoms with Gasteiger partial charge in [-0.25, -0.2) is 4.79 Å². The van der Waals surface area contributed by atoms with Crippen LogP contribution in [0.1, 0.15) is 45.2 Å². The Labute approximate surface area is 195 Å². The predicted molar refractivity (Wildman–Crippen MR) is 123 cm³/mol. The molecule has 0 aliphatic rings. The van der Waals surface area contributed by atoms with Crippen molar-refractivity contribution in [2.24, 2.45) is 5.41 Å². The van der Waals surface area contributed by atoms with E-state index in [-0.39, 0.29) is 35.9 Å². The summed E-state index contributed by atoms with van der Waals surface area (Å²) in [5.41, 5.74) is 0.112. The first-order valence-electron chi connectivity index (χ1n) is 10.8. The van der Waals surface area contributed by atoms with Crippen molar-refractivity contribution in [3.8, 4) is 5.88 Å². The number of nitrogens with one attached hydrogen (secondary N) is 1. The molecular weight excluding hydrogens is 449 g/mol. The molecule has 0 aliphatic carbocycles. The van der Waals surface area contributed by atoms with Crippen molar-refractivity contribution in [1.29, 1.82) is 0 Å². The molecule has 0 saturated carbocycles. The minimum atomic E-state index is -4.54. The molecule has 3 rings (SSSR count). The first kappa shape index (κ1) is 25.1. The first-order valence-corrected chi connectivity index (χ1v) is 10.8. The van der Waals surface area contributed by atoms with Crippen molar-refractivity contribution in [3.05, 3.63) is 59.7 Å². The summed E-state index contributed by atoms with van der Waals surface area (Å²) >= 11 is 0. The van der Waals surface area contributed by atoms with Gasteiger partial charge < -0.3 is 19.4 Å². The Kier molecular flexibility index (Phi) is 7.24. The first-order chi connectivity index (χ1) is 15.9. The average molecular weight is 476 g/mol. The Morgan fingerprint density at radius 3 is 2.38 bits per heavy atom. The number of hydrogen-bond donors (Lipinski definition) is 1. The van der Waals surface area contributed by atoms with Gasteiger partial charge in [-0.15, -0.1) is 0 Å². The van der Waals surface area contributed by atoms with E-state index in [1.807, 2.05) is 20.8 Å². The maximum Gasteiger partial charge on any atom is 0.515 e. The highest BCUT2D eigenvalue weighted by molar-refractivity contribution is 5.94. The molecule has 0 spiro atoms. The minimum absolute atomic E-state index is 0.0174. The summed E-state index contributed by atoms with van der Waals surface area (Å²) in [5, 5.41) is 3.41. The van der Waals surface area contributed by atoms with Crippen LogP contribution in [0.4, 0.5) is 23.7 Å². The summed E-state index contributed by atoms with van der Waals surface area (Å²) in [4.78, 5) is 24.3. The van der Waals surface area contributed by atoms with Crippen LogP contribution in [0.15, 0.2) is 48.5 Å². The van der Waals surface area contributed by atoms with Gasteiger partial charge in [0.05, 0.1) is 24.2 Å². The molecule has 0 saturated heterocycles. The van der Waals surface area contributed by atoms with E-state index in [1.165, 1.54) is 28.8 Å². The predicted octanol–water partition coefficient (Wildman–Crippen LogP) is 6.62. The second kappa shape index (κ2) is 9.79. The molecule has 0 radical (unpaired) electrons. The second-order valence-corrected chi connectivity index (χ2v) is 9.07. The molecule has 3 aromatic rings. The van der Waals surface area contributed by atoms with Crippen LogP contribution < -0.4 is 10.1 Å². The molecule has 1 aromatic heterocycles. The third-order valence-electron chi connectivity index (χ3n) is 4.94. The van der Waals surface area contributed by atoms with Gasteiger partial charge in [-0.2, -0.15) is 13.2 Å². The smallest absolute Gasteiger partial charge is 0.434 e. The number of carbonyl (C=O) groups is 2. The lowest BCUT2D eigenvalue weighted by Gasteiger charge is -2.17. The average Bonchev–Trinajstić information content (AvgIpc) is 3.02. The SMILES string of the molecule is CCOC(=O)Oc1cc2cc(NC(=O)CC(C)(C)C)ccc2n1Cc1ccccc1C(F)(F)F. The van der Waals surface area contributed by atoms with E-state index in [0.717, 1.165) is 6.07 Å². The second-order valence-electron chi connectivity index (χ2n) is 9.07. The van der Waals surface area contributed by atoms with E-state index in [1.54, 1.807) is 25.1 Å². The largest absolute Gasteiger partial charge is 0.515 e. The number of fused-ring (bicyclic) bond motifs is 1. The minimum Gasteiger partial charge on any atom is -0.434 e. The van der Waals surface area contributed by atoms with Crippen molar-refractivity contribution in [1.82, 2.24) is 4.57 Å². The zero-order valence-electron chi connectivity index (χ0n) is 19.5. The van der Waals surface area contributed by atoms with Crippen LogP contribution in [0.25, 0.3) is 10.9 Å². The van der Waals surface area contributed by atoms with Crippen molar-refractivity contribution in [3.63, 3.8) is 0 Å². The number of amides is 1. The number of nitrogens with zero attached hydrogens (tertiary/aromatic N) is 1. The highest BCUT2D eigenvalue weighted by atomic mass is 19.4. The molecule has 2 aromatic carbocycles. The van der Waals surface area contributed by atoms with Crippen molar-refractivity contribution >= 4 is 28.7 Å². The molecule has 0 unspecified atom stereocenters. The lowest BCUT2D eigenvalue weighted by atomic mass is 9.92. The Hall–Kier alpha value is -3.49. The number of ether oxygens (including phenoxy) is 2. The van der Waals surface area contributed by atoms with Gasteiger partial charge in [0.15, 0.2) is 0 Å². The van der Waals surface area contributed by atoms with E-state index in [0.29, 0.717) is 23.0 Å². The van der Waals surface area contributed by atoms with E-state index >= 15 is 0 Å². The van der Waals surface area contributed by atoms with Crippen LogP contribution in [-0.2, 0) is 22.3 Å². The van der Waals surface area contributed by atoms with E-state index < -0.39 is 17.9 Å². The van der Waals surface area contributed by atoms with Crippen LogP contribution in [0.2, 0.25) is 0 Å². The molecule has 182 valence electrons. The van der Waals surface area contributed by atoms with E-state index in [9.17, 15) is 22.8 Å². The van der Waals surface area contributed by atoms with Crippen LogP contribution in [-0.4, -0.2) is 23.2 Å². The van der Waals surface area contributed by atoms with Gasteiger partial charge >= 0.3 is 12.3 Å². The number of rotatable bonds is 6. The molecule has 0 fully saturated rings. The summed E-state index contributed by atoms with van der Waals surface area (Å²) < 4.78 is 52.2. The van der Waals surface area contributed by atoms with Gasteiger partial charge in [-0.05, 0) is 42.2 Å². The summed E-state index contributed by atoms with van der Waals surface area (Å²) in [6.45, 7) is 7.36. The molecule has 34 heavy (non-hydrogen) atoms. The fourth-order valence-corrected chi connectivity index (χ4v) is 3.60. The van der Waals surface area contributed by atoms with E-state index in [4.69, 9.17) is 9.47 Å². The molecule has 6 nitrogen and oxygen atoms in total. The highest BCUT2D eigenvalue weighted by Crippen LogP contribution is 2.35. The molecule has 1 N–H and O–H groups in total. The highest BCUT2D eigenvalue weighted by Gasteiger charge is 2.33. The lowest BCUT2D eigenvalue weighted by molar-refractivity contribution is -0.138. The standard InChI is InChI=1S/C25H27F3N2O4/c1-5-33-23(32)34-22-13-17-12-18(29-21(31)14-24(2,3)4)10-11-20(17)30(22)15-16-8-6-7-9-19(16)25(26,27)28/h6-13H,5,14-15H2,1-4H3,(H,29,31). The fourth-order valence-electron chi connectivity index (χ4n) is 3.60. The Morgan fingerprint density at radius 1 is 1.03 bits per heavy atom. The molecule has 9 heteroatoms. The summed E-state index contributed by atoms with van der Waals surface area (Å²) in [5.74, 6) is -0.128. The number of carbonyl (C=O) groups excluding carboxylic acids is 2. The normalized spacial score (nSPS) is 12.0. The number of benzene rings is 2. The van der Waals surface area contributed by atoms with Gasteiger partial charge in [0, 0.05) is 23.6 Å². The zero-order valence-corrected chi connectivity index (χ0v) is 19.5.